The molecule has 1 aromatic heterocycles. The van der Waals surface area contributed by atoms with Crippen molar-refractivity contribution >= 4 is 16.9 Å². The van der Waals surface area contributed by atoms with Gasteiger partial charge in [-0.15, -0.1) is 0 Å². The lowest BCUT2D eigenvalue weighted by atomic mass is 9.95. The van der Waals surface area contributed by atoms with Crippen LogP contribution < -0.4 is 0 Å². The lowest BCUT2D eigenvalue weighted by Gasteiger charge is -2.36. The zero-order valence-corrected chi connectivity index (χ0v) is 20.3. The van der Waals surface area contributed by atoms with Gasteiger partial charge in [0.15, 0.2) is 0 Å². The Morgan fingerprint density at radius 2 is 1.68 bits per heavy atom. The van der Waals surface area contributed by atoms with Crippen molar-refractivity contribution in [1.29, 1.82) is 0 Å². The highest BCUT2D eigenvalue weighted by Gasteiger charge is 2.34. The summed E-state index contributed by atoms with van der Waals surface area (Å²) < 4.78 is 2.11. The average Bonchev–Trinajstić information content (AvgIpc) is 3.19. The van der Waals surface area contributed by atoms with E-state index in [1.165, 1.54) is 5.56 Å². The van der Waals surface area contributed by atoms with Crippen LogP contribution in [0.2, 0.25) is 0 Å². The first kappa shape index (κ1) is 22.2. The molecule has 0 aliphatic carbocycles. The number of aromatic hydroxyl groups is 1. The predicted molar refractivity (Wildman–Crippen MR) is 136 cm³/mol. The number of benzene rings is 3. The molecule has 1 aliphatic heterocycles. The van der Waals surface area contributed by atoms with Crippen LogP contribution in [0.4, 0.5) is 0 Å². The van der Waals surface area contributed by atoms with Gasteiger partial charge in [0.1, 0.15) is 11.6 Å². The molecule has 34 heavy (non-hydrogen) atoms. The zero-order valence-electron chi connectivity index (χ0n) is 20.3. The van der Waals surface area contributed by atoms with Gasteiger partial charge in [0.2, 0.25) is 0 Å². The normalized spacial score (nSPS) is 16.2. The molecule has 0 radical (unpaired) electrons. The number of phenols is 1. The number of phenolic OH excluding ortho intramolecular Hbond substituents is 1. The summed E-state index contributed by atoms with van der Waals surface area (Å²) >= 11 is 0. The zero-order chi connectivity index (χ0) is 24.0. The van der Waals surface area contributed by atoms with Crippen LogP contribution in [0, 0.1) is 27.7 Å². The predicted octanol–water partition coefficient (Wildman–Crippen LogP) is 6.33. The van der Waals surface area contributed by atoms with E-state index in [1.807, 2.05) is 62.1 Å². The average molecular weight is 454 g/mol. The lowest BCUT2D eigenvalue weighted by Crippen LogP contribution is -2.40. The van der Waals surface area contributed by atoms with Gasteiger partial charge in [-0.1, -0.05) is 35.9 Å². The summed E-state index contributed by atoms with van der Waals surface area (Å²) in [7, 11) is 0. The summed E-state index contributed by atoms with van der Waals surface area (Å²) in [6.45, 7) is 8.71. The first-order valence-electron chi connectivity index (χ1n) is 12.0. The highest BCUT2D eigenvalue weighted by molar-refractivity contribution is 5.97. The highest BCUT2D eigenvalue weighted by atomic mass is 16.3. The minimum Gasteiger partial charge on any atom is -0.508 e. The third-order valence-electron chi connectivity index (χ3n) is 6.99. The van der Waals surface area contributed by atoms with Crippen molar-refractivity contribution in [2.24, 2.45) is 0 Å². The van der Waals surface area contributed by atoms with E-state index in [4.69, 9.17) is 4.98 Å². The van der Waals surface area contributed by atoms with E-state index in [2.05, 4.69) is 23.6 Å². The molecule has 0 spiro atoms. The number of imidazole rings is 1. The van der Waals surface area contributed by atoms with E-state index in [0.717, 1.165) is 64.1 Å². The van der Waals surface area contributed by atoms with Crippen molar-refractivity contribution in [3.05, 3.63) is 88.2 Å². The van der Waals surface area contributed by atoms with Gasteiger partial charge in [-0.2, -0.15) is 0 Å². The van der Waals surface area contributed by atoms with Gasteiger partial charge >= 0.3 is 0 Å². The van der Waals surface area contributed by atoms with Crippen molar-refractivity contribution in [2.75, 3.05) is 6.54 Å². The quantitative estimate of drug-likeness (QED) is 0.394. The van der Waals surface area contributed by atoms with Gasteiger partial charge in [0.05, 0.1) is 22.8 Å². The second-order valence-corrected chi connectivity index (χ2v) is 9.55. The SMILES string of the molecule is Cc1cc(C)c(C(=O)N2CCCCC2c2nc3ccccc3n2-c2ccc(C)c(O)c2)c(C)c1. The number of hydrogen-bond acceptors (Lipinski definition) is 3. The number of carbonyl (C=O) groups excluding carboxylic acids is 1. The van der Waals surface area contributed by atoms with Crippen LogP contribution in [0.1, 0.15) is 63.7 Å². The number of aryl methyl sites for hydroxylation is 4. The van der Waals surface area contributed by atoms with Crippen molar-refractivity contribution in [3.63, 3.8) is 0 Å². The maximum Gasteiger partial charge on any atom is 0.255 e. The van der Waals surface area contributed by atoms with Crippen molar-refractivity contribution in [3.8, 4) is 11.4 Å². The summed E-state index contributed by atoms with van der Waals surface area (Å²) in [4.78, 5) is 21.0. The minimum absolute atomic E-state index is 0.0741. The standard InChI is InChI=1S/C29H31N3O2/c1-18-15-20(3)27(21(4)16-18)29(34)31-14-8-7-11-25(31)28-30-23-9-5-6-10-24(23)32(28)22-13-12-19(2)26(33)17-22/h5-6,9-10,12-13,15-17,25,33H,7-8,11,14H2,1-4H3. The Balaban J connectivity index is 1.66. The van der Waals surface area contributed by atoms with Gasteiger partial charge in [0.25, 0.3) is 5.91 Å². The van der Waals surface area contributed by atoms with E-state index in [1.54, 1.807) is 6.07 Å². The number of para-hydroxylation sites is 2. The van der Waals surface area contributed by atoms with Crippen LogP contribution in [-0.4, -0.2) is 32.0 Å². The Morgan fingerprint density at radius 1 is 0.941 bits per heavy atom. The Hall–Kier alpha value is -3.60. The van der Waals surface area contributed by atoms with Crippen LogP contribution in [0.25, 0.3) is 16.7 Å². The van der Waals surface area contributed by atoms with E-state index in [0.29, 0.717) is 6.54 Å². The number of carbonyl (C=O) groups is 1. The largest absolute Gasteiger partial charge is 0.508 e. The lowest BCUT2D eigenvalue weighted by molar-refractivity contribution is 0.0597. The van der Waals surface area contributed by atoms with Crippen LogP contribution >= 0.6 is 0 Å². The first-order valence-corrected chi connectivity index (χ1v) is 12.0. The van der Waals surface area contributed by atoms with Gasteiger partial charge in [0, 0.05) is 18.2 Å². The molecule has 5 rings (SSSR count). The molecule has 1 N–H and O–H groups in total. The minimum atomic E-state index is -0.141. The highest BCUT2D eigenvalue weighted by Crippen LogP contribution is 2.36. The number of likely N-dealkylation sites (tertiary alicyclic amines) is 1. The maximum absolute atomic E-state index is 13.9. The second-order valence-electron chi connectivity index (χ2n) is 9.55. The summed E-state index contributed by atoms with van der Waals surface area (Å²) in [5.74, 6) is 1.17. The van der Waals surface area contributed by atoms with Gasteiger partial charge in [-0.25, -0.2) is 4.98 Å². The fourth-order valence-electron chi connectivity index (χ4n) is 5.38. The molecule has 2 heterocycles. The van der Waals surface area contributed by atoms with E-state index in [9.17, 15) is 9.90 Å². The van der Waals surface area contributed by atoms with Gasteiger partial charge in [-0.3, -0.25) is 9.36 Å². The fourth-order valence-corrected chi connectivity index (χ4v) is 5.38. The van der Waals surface area contributed by atoms with Crippen LogP contribution in [0.5, 0.6) is 5.75 Å². The summed E-state index contributed by atoms with van der Waals surface area (Å²) in [6, 6.07) is 17.8. The third-order valence-corrected chi connectivity index (χ3v) is 6.99. The monoisotopic (exact) mass is 453 g/mol. The van der Waals surface area contributed by atoms with Crippen molar-refractivity contribution in [2.45, 2.75) is 53.0 Å². The number of hydrogen-bond donors (Lipinski definition) is 1. The van der Waals surface area contributed by atoms with Crippen LogP contribution in [0.3, 0.4) is 0 Å². The summed E-state index contributed by atoms with van der Waals surface area (Å²) in [5.41, 5.74) is 7.55. The maximum atomic E-state index is 13.9. The molecule has 1 saturated heterocycles. The fraction of sp³-hybridized carbons (Fsp3) is 0.310. The van der Waals surface area contributed by atoms with E-state index < -0.39 is 0 Å². The number of amides is 1. The second kappa shape index (κ2) is 8.64. The van der Waals surface area contributed by atoms with E-state index in [-0.39, 0.29) is 17.7 Å². The van der Waals surface area contributed by atoms with E-state index >= 15 is 0 Å². The van der Waals surface area contributed by atoms with Crippen molar-refractivity contribution < 1.29 is 9.90 Å². The molecule has 1 fully saturated rings. The molecule has 1 aliphatic rings. The Morgan fingerprint density at radius 3 is 2.41 bits per heavy atom. The van der Waals surface area contributed by atoms with Crippen LogP contribution in [-0.2, 0) is 0 Å². The Kier molecular flexibility index (Phi) is 5.64. The molecule has 0 bridgehead atoms. The molecule has 5 heteroatoms. The molecule has 5 nitrogen and oxygen atoms in total. The summed E-state index contributed by atoms with van der Waals surface area (Å²) in [6.07, 6.45) is 2.89. The molecular formula is C29H31N3O2. The number of aromatic nitrogens is 2. The molecule has 1 amide bonds. The third kappa shape index (κ3) is 3.75. The van der Waals surface area contributed by atoms with Gasteiger partial charge in [-0.05, 0) is 81.8 Å². The van der Waals surface area contributed by atoms with Crippen molar-refractivity contribution in [1.82, 2.24) is 14.5 Å². The molecule has 0 saturated carbocycles. The molecular weight excluding hydrogens is 422 g/mol. The molecule has 4 aromatic rings. The molecule has 1 atom stereocenters. The topological polar surface area (TPSA) is 58.4 Å². The first-order chi connectivity index (χ1) is 16.3. The Labute approximate surface area is 200 Å². The van der Waals surface area contributed by atoms with Gasteiger partial charge < -0.3 is 10.0 Å². The Bertz CT molecular complexity index is 1380. The van der Waals surface area contributed by atoms with Crippen LogP contribution in [0.15, 0.2) is 54.6 Å². The number of nitrogens with zero attached hydrogens (tertiary/aromatic N) is 3. The number of fused-ring (bicyclic) bond motifs is 1. The molecule has 174 valence electrons. The molecule has 1 unspecified atom stereocenters. The molecule has 3 aromatic carbocycles. The summed E-state index contributed by atoms with van der Waals surface area (Å²) in [5, 5.41) is 10.4. The number of rotatable bonds is 3. The smallest absolute Gasteiger partial charge is 0.255 e. The number of piperidine rings is 1.